The van der Waals surface area contributed by atoms with Crippen LogP contribution in [0.5, 0.6) is 5.75 Å². The van der Waals surface area contributed by atoms with Crippen molar-refractivity contribution in [2.75, 3.05) is 25.5 Å². The van der Waals surface area contributed by atoms with Crippen molar-refractivity contribution >= 4 is 11.7 Å². The summed E-state index contributed by atoms with van der Waals surface area (Å²) >= 11 is 0. The molecule has 1 aliphatic heterocycles. The molecule has 0 radical (unpaired) electrons. The smallest absolute Gasteiger partial charge is 0.321 e. The highest BCUT2D eigenvalue weighted by Gasteiger charge is 2.23. The van der Waals surface area contributed by atoms with Crippen LogP contribution in [0.4, 0.5) is 10.5 Å². The molecule has 1 fully saturated rings. The number of rotatable bonds is 2. The third-order valence-corrected chi connectivity index (χ3v) is 3.21. The average Bonchev–Trinajstić information content (AvgIpc) is 2.47. The third kappa shape index (κ3) is 3.38. The molecular weight excluding hydrogens is 242 g/mol. The highest BCUT2D eigenvalue weighted by molar-refractivity contribution is 5.89. The third-order valence-electron chi connectivity index (χ3n) is 3.21. The summed E-state index contributed by atoms with van der Waals surface area (Å²) in [4.78, 5) is 13.8. The van der Waals surface area contributed by atoms with Crippen LogP contribution in [0.3, 0.4) is 0 Å². The van der Waals surface area contributed by atoms with Gasteiger partial charge in [0.25, 0.3) is 0 Å². The number of benzene rings is 1. The van der Waals surface area contributed by atoms with E-state index in [0.29, 0.717) is 24.5 Å². The Morgan fingerprint density at radius 3 is 3.16 bits per heavy atom. The average molecular weight is 259 g/mol. The van der Waals surface area contributed by atoms with Gasteiger partial charge in [-0.2, -0.15) is 5.26 Å². The van der Waals surface area contributed by atoms with Crippen molar-refractivity contribution < 1.29 is 9.53 Å². The summed E-state index contributed by atoms with van der Waals surface area (Å²) in [5.74, 6) is 0.649. The number of nitrogens with zero attached hydrogens (tertiary/aromatic N) is 2. The maximum Gasteiger partial charge on any atom is 0.321 e. The van der Waals surface area contributed by atoms with Gasteiger partial charge in [-0.3, -0.25) is 0 Å². The van der Waals surface area contributed by atoms with Crippen LogP contribution in [0.2, 0.25) is 0 Å². The van der Waals surface area contributed by atoms with E-state index in [1.165, 1.54) is 0 Å². The fourth-order valence-electron chi connectivity index (χ4n) is 2.17. The second-order valence-electron chi connectivity index (χ2n) is 4.58. The lowest BCUT2D eigenvalue weighted by atomic mass is 10.0. The summed E-state index contributed by atoms with van der Waals surface area (Å²) in [7, 11) is 1.59. The van der Waals surface area contributed by atoms with Gasteiger partial charge in [-0.25, -0.2) is 4.79 Å². The molecule has 1 aromatic carbocycles. The minimum absolute atomic E-state index is 0.0511. The molecule has 2 rings (SSSR count). The van der Waals surface area contributed by atoms with Gasteiger partial charge in [-0.05, 0) is 25.0 Å². The second-order valence-corrected chi connectivity index (χ2v) is 4.58. The van der Waals surface area contributed by atoms with E-state index in [1.54, 1.807) is 18.1 Å². The Kier molecular flexibility index (Phi) is 4.24. The Labute approximate surface area is 112 Å². The zero-order valence-electron chi connectivity index (χ0n) is 10.9. The highest BCUT2D eigenvalue weighted by atomic mass is 16.5. The fourth-order valence-corrected chi connectivity index (χ4v) is 2.17. The van der Waals surface area contributed by atoms with E-state index in [4.69, 9.17) is 10.00 Å². The number of carbonyl (C=O) groups is 1. The Hall–Kier alpha value is -2.22. The maximum atomic E-state index is 12.1. The molecule has 19 heavy (non-hydrogen) atoms. The molecule has 5 heteroatoms. The summed E-state index contributed by atoms with van der Waals surface area (Å²) in [6, 6.07) is 9.29. The van der Waals surface area contributed by atoms with Gasteiger partial charge in [0.1, 0.15) is 5.75 Å². The topological polar surface area (TPSA) is 65.4 Å². The molecule has 1 atom stereocenters. The molecule has 1 unspecified atom stereocenters. The van der Waals surface area contributed by atoms with Crippen LogP contribution in [-0.4, -0.2) is 31.1 Å². The Morgan fingerprint density at radius 2 is 2.42 bits per heavy atom. The number of carbonyl (C=O) groups excluding carboxylic acids is 1. The number of likely N-dealkylation sites (tertiary alicyclic amines) is 1. The van der Waals surface area contributed by atoms with Crippen molar-refractivity contribution in [2.45, 2.75) is 12.8 Å². The summed E-state index contributed by atoms with van der Waals surface area (Å²) < 4.78 is 5.11. The van der Waals surface area contributed by atoms with Crippen molar-refractivity contribution in [2.24, 2.45) is 5.92 Å². The number of nitrogens with one attached hydrogen (secondary N) is 1. The van der Waals surface area contributed by atoms with Gasteiger partial charge < -0.3 is 15.0 Å². The number of hydrogen-bond acceptors (Lipinski definition) is 3. The molecule has 5 nitrogen and oxygen atoms in total. The molecule has 0 spiro atoms. The number of anilines is 1. The number of piperidine rings is 1. The van der Waals surface area contributed by atoms with Crippen molar-refractivity contribution in [3.05, 3.63) is 24.3 Å². The summed E-state index contributed by atoms with van der Waals surface area (Å²) in [6.45, 7) is 1.21. The standard InChI is InChI=1S/C14H17N3O2/c1-19-13-6-2-5-12(8-13)16-14(18)17-7-3-4-11(9-15)10-17/h2,5-6,8,11H,3-4,7,10H2,1H3,(H,16,18). The Balaban J connectivity index is 1.98. The van der Waals surface area contributed by atoms with Crippen LogP contribution in [0.1, 0.15) is 12.8 Å². The minimum Gasteiger partial charge on any atom is -0.497 e. The van der Waals surface area contributed by atoms with E-state index in [1.807, 2.05) is 18.2 Å². The molecule has 0 saturated carbocycles. The highest BCUT2D eigenvalue weighted by Crippen LogP contribution is 2.19. The van der Waals surface area contributed by atoms with Crippen molar-refractivity contribution in [1.82, 2.24) is 4.90 Å². The predicted octanol–water partition coefficient (Wildman–Crippen LogP) is 2.46. The van der Waals surface area contributed by atoms with E-state index in [-0.39, 0.29) is 11.9 Å². The Morgan fingerprint density at radius 1 is 1.58 bits per heavy atom. The summed E-state index contributed by atoms with van der Waals surface area (Å²) in [5, 5.41) is 11.8. The maximum absolute atomic E-state index is 12.1. The number of nitriles is 1. The van der Waals surface area contributed by atoms with E-state index in [2.05, 4.69) is 11.4 Å². The minimum atomic E-state index is -0.159. The number of methoxy groups -OCH3 is 1. The molecule has 2 amide bonds. The first-order valence-electron chi connectivity index (χ1n) is 6.32. The van der Waals surface area contributed by atoms with Crippen molar-refractivity contribution in [1.29, 1.82) is 5.26 Å². The lowest BCUT2D eigenvalue weighted by Gasteiger charge is -2.29. The van der Waals surface area contributed by atoms with Gasteiger partial charge >= 0.3 is 6.03 Å². The van der Waals surface area contributed by atoms with Gasteiger partial charge in [-0.1, -0.05) is 6.07 Å². The van der Waals surface area contributed by atoms with Crippen LogP contribution in [0, 0.1) is 17.2 Å². The van der Waals surface area contributed by atoms with Crippen LogP contribution in [0.25, 0.3) is 0 Å². The van der Waals surface area contributed by atoms with E-state index < -0.39 is 0 Å². The molecule has 100 valence electrons. The van der Waals surface area contributed by atoms with Gasteiger partial charge in [-0.15, -0.1) is 0 Å². The molecule has 1 aromatic rings. The number of ether oxygens (including phenoxy) is 1. The molecule has 0 bridgehead atoms. The van der Waals surface area contributed by atoms with Gasteiger partial charge in [0.2, 0.25) is 0 Å². The van der Waals surface area contributed by atoms with Crippen LogP contribution in [0.15, 0.2) is 24.3 Å². The first-order valence-corrected chi connectivity index (χ1v) is 6.32. The van der Waals surface area contributed by atoms with Gasteiger partial charge in [0.15, 0.2) is 0 Å². The predicted molar refractivity (Wildman–Crippen MR) is 71.9 cm³/mol. The van der Waals surface area contributed by atoms with E-state index >= 15 is 0 Å². The van der Waals surface area contributed by atoms with E-state index in [9.17, 15) is 4.79 Å². The lowest BCUT2D eigenvalue weighted by Crippen LogP contribution is -2.42. The fraction of sp³-hybridized carbons (Fsp3) is 0.429. The molecule has 1 heterocycles. The first-order chi connectivity index (χ1) is 9.22. The second kappa shape index (κ2) is 6.10. The quantitative estimate of drug-likeness (QED) is 0.887. The normalized spacial score (nSPS) is 18.5. The molecule has 1 aliphatic rings. The Bertz CT molecular complexity index is 496. The van der Waals surface area contributed by atoms with Crippen LogP contribution >= 0.6 is 0 Å². The molecule has 0 aliphatic carbocycles. The first kappa shape index (κ1) is 13.2. The van der Waals surface area contributed by atoms with Gasteiger partial charge in [0, 0.05) is 24.8 Å². The number of urea groups is 1. The SMILES string of the molecule is COc1cccc(NC(=O)N2CCCC(C#N)C2)c1. The largest absolute Gasteiger partial charge is 0.497 e. The monoisotopic (exact) mass is 259 g/mol. The molecule has 0 aromatic heterocycles. The van der Waals surface area contributed by atoms with Crippen LogP contribution in [-0.2, 0) is 0 Å². The van der Waals surface area contributed by atoms with Crippen molar-refractivity contribution in [3.63, 3.8) is 0 Å². The van der Waals surface area contributed by atoms with Gasteiger partial charge in [0.05, 0.1) is 19.1 Å². The van der Waals surface area contributed by atoms with Crippen LogP contribution < -0.4 is 10.1 Å². The molecule has 1 N–H and O–H groups in total. The lowest BCUT2D eigenvalue weighted by molar-refractivity contribution is 0.189. The summed E-state index contributed by atoms with van der Waals surface area (Å²) in [6.07, 6.45) is 1.75. The van der Waals surface area contributed by atoms with E-state index in [0.717, 1.165) is 12.8 Å². The molecular formula is C14H17N3O2. The zero-order valence-corrected chi connectivity index (χ0v) is 10.9. The number of hydrogen-bond donors (Lipinski definition) is 1. The molecule has 1 saturated heterocycles. The number of amides is 2. The summed E-state index contributed by atoms with van der Waals surface area (Å²) in [5.41, 5.74) is 0.698. The van der Waals surface area contributed by atoms with Crippen molar-refractivity contribution in [3.8, 4) is 11.8 Å². The zero-order chi connectivity index (χ0) is 13.7.